The topological polar surface area (TPSA) is 29.1 Å². The van der Waals surface area contributed by atoms with E-state index in [9.17, 15) is 4.79 Å². The zero-order valence-electron chi connectivity index (χ0n) is 11.5. The van der Waals surface area contributed by atoms with Crippen molar-refractivity contribution in [3.8, 4) is 0 Å². The van der Waals surface area contributed by atoms with Crippen LogP contribution in [0.1, 0.15) is 5.56 Å². The first-order valence-corrected chi connectivity index (χ1v) is 8.00. The van der Waals surface area contributed by atoms with E-state index in [1.54, 1.807) is 23.9 Å². The maximum absolute atomic E-state index is 11.7. The van der Waals surface area contributed by atoms with Gasteiger partial charge in [-0.2, -0.15) is 0 Å². The van der Waals surface area contributed by atoms with Crippen LogP contribution in [0.15, 0.2) is 65.6 Å². The first-order valence-electron chi connectivity index (χ1n) is 6.64. The maximum atomic E-state index is 11.7. The van der Waals surface area contributed by atoms with Gasteiger partial charge in [0.15, 0.2) is 0 Å². The van der Waals surface area contributed by atoms with Gasteiger partial charge in [-0.3, -0.25) is 4.79 Å². The highest BCUT2D eigenvalue weighted by atomic mass is 35.5. The van der Waals surface area contributed by atoms with Crippen molar-refractivity contribution in [1.29, 1.82) is 0 Å². The summed E-state index contributed by atoms with van der Waals surface area (Å²) in [5.74, 6) is 0.735. The lowest BCUT2D eigenvalue weighted by molar-refractivity contribution is -0.116. The molecule has 0 aliphatic carbocycles. The number of nitrogens with one attached hydrogen (secondary N) is 1. The molecule has 0 unspecified atom stereocenters. The van der Waals surface area contributed by atoms with Gasteiger partial charge in [0.1, 0.15) is 0 Å². The number of hydrogen-bond acceptors (Lipinski definition) is 2. The van der Waals surface area contributed by atoms with E-state index in [-0.39, 0.29) is 5.91 Å². The van der Waals surface area contributed by atoms with Gasteiger partial charge in [0, 0.05) is 28.3 Å². The number of halogens is 1. The van der Waals surface area contributed by atoms with Crippen molar-refractivity contribution in [3.05, 3.63) is 71.3 Å². The van der Waals surface area contributed by atoms with Gasteiger partial charge in [-0.15, -0.1) is 11.8 Å². The summed E-state index contributed by atoms with van der Waals surface area (Å²) in [6.07, 6.45) is 3.23. The number of hydrogen-bond donors (Lipinski definition) is 1. The van der Waals surface area contributed by atoms with Crippen LogP contribution in [0, 0.1) is 0 Å². The first kappa shape index (κ1) is 15.7. The van der Waals surface area contributed by atoms with E-state index in [1.165, 1.54) is 11.0 Å². The standard InChI is InChI=1S/C17H16ClNOS/c18-16-9-5-4-6-14(16)10-11-17(20)19-12-13-21-15-7-2-1-3-8-15/h1-11H,12-13H2,(H,19,20)/b11-10+. The maximum Gasteiger partial charge on any atom is 0.244 e. The zero-order valence-corrected chi connectivity index (χ0v) is 13.0. The third-order valence-electron chi connectivity index (χ3n) is 2.73. The Morgan fingerprint density at radius 3 is 2.57 bits per heavy atom. The molecule has 0 bridgehead atoms. The highest BCUT2D eigenvalue weighted by Crippen LogP contribution is 2.16. The summed E-state index contributed by atoms with van der Waals surface area (Å²) in [4.78, 5) is 12.9. The minimum absolute atomic E-state index is 0.108. The number of carbonyl (C=O) groups excluding carboxylic acids is 1. The molecular weight excluding hydrogens is 302 g/mol. The normalized spacial score (nSPS) is 10.7. The molecule has 0 aliphatic rings. The van der Waals surface area contributed by atoms with Crippen LogP contribution in [0.5, 0.6) is 0 Å². The number of rotatable bonds is 6. The Bertz CT molecular complexity index is 613. The lowest BCUT2D eigenvalue weighted by Gasteiger charge is -2.02. The number of thioether (sulfide) groups is 1. The molecule has 2 rings (SSSR count). The highest BCUT2D eigenvalue weighted by molar-refractivity contribution is 7.99. The van der Waals surface area contributed by atoms with Gasteiger partial charge < -0.3 is 5.32 Å². The van der Waals surface area contributed by atoms with E-state index in [4.69, 9.17) is 11.6 Å². The smallest absolute Gasteiger partial charge is 0.244 e. The van der Waals surface area contributed by atoms with Gasteiger partial charge >= 0.3 is 0 Å². The summed E-state index contributed by atoms with van der Waals surface area (Å²) in [5.41, 5.74) is 0.841. The molecule has 0 spiro atoms. The van der Waals surface area contributed by atoms with Crippen LogP contribution in [0.2, 0.25) is 5.02 Å². The molecule has 0 fully saturated rings. The van der Waals surface area contributed by atoms with Crippen molar-refractivity contribution in [1.82, 2.24) is 5.32 Å². The summed E-state index contributed by atoms with van der Waals surface area (Å²) in [6, 6.07) is 17.5. The molecule has 0 saturated heterocycles. The number of carbonyl (C=O) groups is 1. The predicted octanol–water partition coefficient (Wildman–Crippen LogP) is 4.26. The van der Waals surface area contributed by atoms with E-state index in [2.05, 4.69) is 17.4 Å². The van der Waals surface area contributed by atoms with Gasteiger partial charge in [0.05, 0.1) is 0 Å². The minimum atomic E-state index is -0.108. The molecule has 0 heterocycles. The minimum Gasteiger partial charge on any atom is -0.352 e. The Balaban J connectivity index is 1.72. The molecule has 2 aromatic rings. The van der Waals surface area contributed by atoms with E-state index in [0.29, 0.717) is 11.6 Å². The average Bonchev–Trinajstić information content (AvgIpc) is 2.52. The van der Waals surface area contributed by atoms with Crippen molar-refractivity contribution in [3.63, 3.8) is 0 Å². The van der Waals surface area contributed by atoms with Gasteiger partial charge in [-0.25, -0.2) is 0 Å². The molecule has 1 amide bonds. The van der Waals surface area contributed by atoms with E-state index in [1.807, 2.05) is 36.4 Å². The highest BCUT2D eigenvalue weighted by Gasteiger charge is 1.98. The van der Waals surface area contributed by atoms with Crippen LogP contribution in [0.3, 0.4) is 0 Å². The molecule has 0 atom stereocenters. The molecule has 108 valence electrons. The molecule has 0 aliphatic heterocycles. The number of amides is 1. The third kappa shape index (κ3) is 5.66. The second-order valence-corrected chi connectivity index (χ2v) is 5.88. The molecule has 2 aromatic carbocycles. The van der Waals surface area contributed by atoms with E-state index < -0.39 is 0 Å². The summed E-state index contributed by atoms with van der Waals surface area (Å²) >= 11 is 7.74. The van der Waals surface area contributed by atoms with Crippen molar-refractivity contribution in [2.75, 3.05) is 12.3 Å². The van der Waals surface area contributed by atoms with Gasteiger partial charge in [0.25, 0.3) is 0 Å². The fraction of sp³-hybridized carbons (Fsp3) is 0.118. The van der Waals surface area contributed by atoms with Crippen LogP contribution in [-0.2, 0) is 4.79 Å². The number of benzene rings is 2. The molecular formula is C17H16ClNOS. The summed E-state index contributed by atoms with van der Waals surface area (Å²) in [6.45, 7) is 0.630. The lowest BCUT2D eigenvalue weighted by Crippen LogP contribution is -2.23. The molecule has 1 N–H and O–H groups in total. The molecule has 0 aromatic heterocycles. The quantitative estimate of drug-likeness (QED) is 0.490. The Morgan fingerprint density at radius 1 is 1.10 bits per heavy atom. The second kappa shape index (κ2) is 8.55. The Labute approximate surface area is 134 Å². The fourth-order valence-corrected chi connectivity index (χ4v) is 2.68. The fourth-order valence-electron chi connectivity index (χ4n) is 1.69. The van der Waals surface area contributed by atoms with Crippen molar-refractivity contribution in [2.45, 2.75) is 4.90 Å². The monoisotopic (exact) mass is 317 g/mol. The molecule has 21 heavy (non-hydrogen) atoms. The van der Waals surface area contributed by atoms with Gasteiger partial charge in [-0.05, 0) is 29.8 Å². The summed E-state index contributed by atoms with van der Waals surface area (Å²) in [5, 5.41) is 3.49. The van der Waals surface area contributed by atoms with Crippen LogP contribution in [-0.4, -0.2) is 18.2 Å². The van der Waals surface area contributed by atoms with Gasteiger partial charge in [0.2, 0.25) is 5.91 Å². The summed E-state index contributed by atoms with van der Waals surface area (Å²) in [7, 11) is 0. The molecule has 0 radical (unpaired) electrons. The molecule has 0 saturated carbocycles. The molecule has 4 heteroatoms. The Morgan fingerprint density at radius 2 is 1.81 bits per heavy atom. The molecule has 2 nitrogen and oxygen atoms in total. The van der Waals surface area contributed by atoms with Crippen molar-refractivity contribution >= 4 is 35.3 Å². The Kier molecular flexibility index (Phi) is 6.38. The van der Waals surface area contributed by atoms with Crippen molar-refractivity contribution < 1.29 is 4.79 Å². The third-order valence-corrected chi connectivity index (χ3v) is 4.09. The summed E-state index contributed by atoms with van der Waals surface area (Å²) < 4.78 is 0. The van der Waals surface area contributed by atoms with Crippen LogP contribution in [0.4, 0.5) is 0 Å². The van der Waals surface area contributed by atoms with Crippen LogP contribution >= 0.6 is 23.4 Å². The van der Waals surface area contributed by atoms with Crippen LogP contribution in [0.25, 0.3) is 6.08 Å². The predicted molar refractivity (Wildman–Crippen MR) is 90.7 cm³/mol. The SMILES string of the molecule is O=C(/C=C/c1ccccc1Cl)NCCSc1ccccc1. The van der Waals surface area contributed by atoms with E-state index in [0.717, 1.165) is 11.3 Å². The lowest BCUT2D eigenvalue weighted by atomic mass is 10.2. The van der Waals surface area contributed by atoms with Crippen molar-refractivity contribution in [2.24, 2.45) is 0 Å². The average molecular weight is 318 g/mol. The first-order chi connectivity index (χ1) is 10.3. The Hall–Kier alpha value is -1.71. The largest absolute Gasteiger partial charge is 0.352 e. The van der Waals surface area contributed by atoms with Crippen LogP contribution < -0.4 is 5.32 Å². The van der Waals surface area contributed by atoms with E-state index >= 15 is 0 Å². The second-order valence-electron chi connectivity index (χ2n) is 4.31. The van der Waals surface area contributed by atoms with Gasteiger partial charge in [-0.1, -0.05) is 48.0 Å². The zero-order chi connectivity index (χ0) is 14.9.